The zero-order chi connectivity index (χ0) is 14.1. The van der Waals surface area contributed by atoms with Crippen molar-refractivity contribution in [3.63, 3.8) is 0 Å². The first-order chi connectivity index (χ1) is 9.11. The fraction of sp³-hybridized carbons (Fsp3) is 0.647. The summed E-state index contributed by atoms with van der Waals surface area (Å²) < 4.78 is 5.84. The summed E-state index contributed by atoms with van der Waals surface area (Å²) >= 11 is 0. The Labute approximate surface area is 118 Å². The highest BCUT2D eigenvalue weighted by Crippen LogP contribution is 2.20. The highest BCUT2D eigenvalue weighted by molar-refractivity contribution is 5.38. The number of ether oxygens (including phenoxy) is 1. The number of hydrogen-bond donors (Lipinski definition) is 1. The molecule has 0 bridgehead atoms. The normalized spacial score (nSPS) is 11.0. The fourth-order valence-corrected chi connectivity index (χ4v) is 1.98. The predicted octanol–water partition coefficient (Wildman–Crippen LogP) is 4.10. The van der Waals surface area contributed by atoms with Crippen molar-refractivity contribution in [3.8, 4) is 5.75 Å². The second-order valence-corrected chi connectivity index (χ2v) is 5.71. The lowest BCUT2D eigenvalue weighted by molar-refractivity contribution is 0.302. The van der Waals surface area contributed by atoms with Gasteiger partial charge in [-0.3, -0.25) is 0 Å². The number of aryl methyl sites for hydroxylation is 1. The van der Waals surface area contributed by atoms with Crippen LogP contribution in [0, 0.1) is 19.8 Å². The van der Waals surface area contributed by atoms with Crippen LogP contribution in [0.5, 0.6) is 5.75 Å². The van der Waals surface area contributed by atoms with Crippen molar-refractivity contribution in [2.24, 2.45) is 5.92 Å². The quantitative estimate of drug-likeness (QED) is 0.677. The third-order valence-corrected chi connectivity index (χ3v) is 3.36. The van der Waals surface area contributed by atoms with E-state index >= 15 is 0 Å². The van der Waals surface area contributed by atoms with Gasteiger partial charge in [0.1, 0.15) is 5.75 Å². The summed E-state index contributed by atoms with van der Waals surface area (Å²) in [6.45, 7) is 11.8. The number of nitrogens with one attached hydrogen (secondary N) is 1. The summed E-state index contributed by atoms with van der Waals surface area (Å²) in [4.78, 5) is 0. The molecule has 1 rings (SSSR count). The van der Waals surface area contributed by atoms with Gasteiger partial charge in [-0.2, -0.15) is 0 Å². The molecule has 0 saturated heterocycles. The van der Waals surface area contributed by atoms with Crippen molar-refractivity contribution >= 4 is 0 Å². The van der Waals surface area contributed by atoms with E-state index in [0.29, 0.717) is 0 Å². The van der Waals surface area contributed by atoms with Crippen LogP contribution in [0.4, 0.5) is 0 Å². The summed E-state index contributed by atoms with van der Waals surface area (Å²) in [5.74, 6) is 1.78. The van der Waals surface area contributed by atoms with Crippen LogP contribution in [0.15, 0.2) is 18.2 Å². The summed E-state index contributed by atoms with van der Waals surface area (Å²) in [7, 11) is 0. The molecule has 0 saturated carbocycles. The van der Waals surface area contributed by atoms with Crippen LogP contribution >= 0.6 is 0 Å². The lowest BCUT2D eigenvalue weighted by Gasteiger charge is -2.11. The molecule has 0 aliphatic heterocycles. The molecule has 0 atom stereocenters. The fourth-order valence-electron chi connectivity index (χ4n) is 1.98. The monoisotopic (exact) mass is 263 g/mol. The Morgan fingerprint density at radius 2 is 1.89 bits per heavy atom. The molecule has 1 aromatic carbocycles. The molecule has 0 amide bonds. The number of rotatable bonds is 9. The van der Waals surface area contributed by atoms with Gasteiger partial charge >= 0.3 is 0 Å². The molecule has 0 radical (unpaired) electrons. The standard InChI is InChI=1S/C17H29NO/c1-14(2)13-18-11-6-5-7-12-19-17-10-8-9-15(3)16(17)4/h8-10,14,18H,5-7,11-13H2,1-4H3. The SMILES string of the molecule is Cc1cccc(OCCCCCNCC(C)C)c1C. The van der Waals surface area contributed by atoms with E-state index in [1.165, 1.54) is 24.0 Å². The molecule has 108 valence electrons. The average Bonchev–Trinajstić information content (AvgIpc) is 2.37. The molecular weight excluding hydrogens is 234 g/mol. The first-order valence-electron chi connectivity index (χ1n) is 7.51. The van der Waals surface area contributed by atoms with E-state index < -0.39 is 0 Å². The largest absolute Gasteiger partial charge is 0.493 e. The molecule has 0 heterocycles. The van der Waals surface area contributed by atoms with Crippen LogP contribution in [0.2, 0.25) is 0 Å². The van der Waals surface area contributed by atoms with Gasteiger partial charge in [-0.25, -0.2) is 0 Å². The van der Waals surface area contributed by atoms with E-state index in [4.69, 9.17) is 4.74 Å². The summed E-state index contributed by atoms with van der Waals surface area (Å²) in [6.07, 6.45) is 3.61. The van der Waals surface area contributed by atoms with E-state index in [1.807, 2.05) is 0 Å². The van der Waals surface area contributed by atoms with Crippen LogP contribution < -0.4 is 10.1 Å². The van der Waals surface area contributed by atoms with Crippen molar-refractivity contribution in [1.82, 2.24) is 5.32 Å². The lowest BCUT2D eigenvalue weighted by atomic mass is 10.1. The van der Waals surface area contributed by atoms with Crippen LogP contribution in [0.3, 0.4) is 0 Å². The van der Waals surface area contributed by atoms with Gasteiger partial charge in [0.05, 0.1) is 6.61 Å². The first kappa shape index (κ1) is 16.0. The Morgan fingerprint density at radius 1 is 1.11 bits per heavy atom. The number of benzene rings is 1. The van der Waals surface area contributed by atoms with Crippen molar-refractivity contribution in [2.75, 3.05) is 19.7 Å². The van der Waals surface area contributed by atoms with Crippen LogP contribution in [0.1, 0.15) is 44.2 Å². The predicted molar refractivity (Wildman–Crippen MR) is 83.0 cm³/mol. The van der Waals surface area contributed by atoms with Crippen LogP contribution in [0.25, 0.3) is 0 Å². The molecule has 0 aromatic heterocycles. The summed E-state index contributed by atoms with van der Waals surface area (Å²) in [6, 6.07) is 6.25. The molecule has 0 unspecified atom stereocenters. The second kappa shape index (κ2) is 8.98. The van der Waals surface area contributed by atoms with Crippen molar-refractivity contribution in [2.45, 2.75) is 47.0 Å². The smallest absolute Gasteiger partial charge is 0.122 e. The number of hydrogen-bond acceptors (Lipinski definition) is 2. The molecule has 1 N–H and O–H groups in total. The van der Waals surface area contributed by atoms with E-state index in [1.54, 1.807) is 0 Å². The number of unbranched alkanes of at least 4 members (excludes halogenated alkanes) is 2. The third kappa shape index (κ3) is 6.63. The van der Waals surface area contributed by atoms with Gasteiger partial charge in [-0.15, -0.1) is 0 Å². The molecule has 2 heteroatoms. The highest BCUT2D eigenvalue weighted by Gasteiger charge is 2.01. The van der Waals surface area contributed by atoms with Gasteiger partial charge in [0, 0.05) is 0 Å². The Morgan fingerprint density at radius 3 is 2.63 bits per heavy atom. The lowest BCUT2D eigenvalue weighted by Crippen LogP contribution is -2.20. The van der Waals surface area contributed by atoms with Gasteiger partial charge < -0.3 is 10.1 Å². The van der Waals surface area contributed by atoms with E-state index in [-0.39, 0.29) is 0 Å². The zero-order valence-electron chi connectivity index (χ0n) is 13.0. The van der Waals surface area contributed by atoms with E-state index in [2.05, 4.69) is 51.2 Å². The Kier molecular flexibility index (Phi) is 7.57. The first-order valence-corrected chi connectivity index (χ1v) is 7.51. The molecule has 0 spiro atoms. The molecule has 0 aliphatic carbocycles. The minimum Gasteiger partial charge on any atom is -0.493 e. The summed E-state index contributed by atoms with van der Waals surface area (Å²) in [5, 5.41) is 3.47. The Bertz CT molecular complexity index is 360. The van der Waals surface area contributed by atoms with Gasteiger partial charge in [0.2, 0.25) is 0 Å². The van der Waals surface area contributed by atoms with Crippen LogP contribution in [-0.4, -0.2) is 19.7 Å². The van der Waals surface area contributed by atoms with Crippen molar-refractivity contribution < 1.29 is 4.74 Å². The van der Waals surface area contributed by atoms with Crippen molar-refractivity contribution in [3.05, 3.63) is 29.3 Å². The molecule has 0 fully saturated rings. The topological polar surface area (TPSA) is 21.3 Å². The maximum atomic E-state index is 5.84. The Balaban J connectivity index is 2.06. The van der Waals surface area contributed by atoms with Crippen LogP contribution in [-0.2, 0) is 0 Å². The van der Waals surface area contributed by atoms with E-state index in [9.17, 15) is 0 Å². The third-order valence-electron chi connectivity index (χ3n) is 3.36. The Hall–Kier alpha value is -1.02. The minimum absolute atomic E-state index is 0.743. The average molecular weight is 263 g/mol. The van der Waals surface area contributed by atoms with Gasteiger partial charge in [-0.05, 0) is 69.3 Å². The van der Waals surface area contributed by atoms with Gasteiger partial charge in [0.25, 0.3) is 0 Å². The van der Waals surface area contributed by atoms with Crippen molar-refractivity contribution in [1.29, 1.82) is 0 Å². The molecule has 19 heavy (non-hydrogen) atoms. The van der Waals surface area contributed by atoms with E-state index in [0.717, 1.165) is 37.8 Å². The molecule has 0 aliphatic rings. The molecule has 2 nitrogen and oxygen atoms in total. The maximum Gasteiger partial charge on any atom is 0.122 e. The minimum atomic E-state index is 0.743. The maximum absolute atomic E-state index is 5.84. The van der Waals surface area contributed by atoms with Gasteiger partial charge in [0.15, 0.2) is 0 Å². The summed E-state index contributed by atoms with van der Waals surface area (Å²) in [5.41, 5.74) is 2.57. The van der Waals surface area contributed by atoms with Gasteiger partial charge in [-0.1, -0.05) is 26.0 Å². The second-order valence-electron chi connectivity index (χ2n) is 5.71. The molecular formula is C17H29NO. The zero-order valence-corrected chi connectivity index (χ0v) is 13.0. The highest BCUT2D eigenvalue weighted by atomic mass is 16.5. The molecule has 1 aromatic rings.